The SMILES string of the molecule is CCOC(=O)C1(C(C)C)CCN(c2ncc(Br)cc2[N+](=O)[O-])C1. The lowest BCUT2D eigenvalue weighted by atomic mass is 9.76. The first-order valence-corrected chi connectivity index (χ1v) is 8.33. The maximum atomic E-state index is 12.4. The lowest BCUT2D eigenvalue weighted by Crippen LogP contribution is -2.41. The molecule has 1 aliphatic heterocycles. The fraction of sp³-hybridized carbons (Fsp3) is 0.600. The summed E-state index contributed by atoms with van der Waals surface area (Å²) in [7, 11) is 0. The van der Waals surface area contributed by atoms with E-state index in [-0.39, 0.29) is 17.6 Å². The Hall–Kier alpha value is -1.70. The largest absolute Gasteiger partial charge is 0.466 e. The van der Waals surface area contributed by atoms with Crippen molar-refractivity contribution in [3.05, 3.63) is 26.9 Å². The number of nitrogens with zero attached hydrogens (tertiary/aromatic N) is 3. The Morgan fingerprint density at radius 1 is 1.61 bits per heavy atom. The Morgan fingerprint density at radius 2 is 2.30 bits per heavy atom. The van der Waals surface area contributed by atoms with Crippen LogP contribution in [0, 0.1) is 21.4 Å². The van der Waals surface area contributed by atoms with Gasteiger partial charge >= 0.3 is 11.7 Å². The molecule has 7 nitrogen and oxygen atoms in total. The van der Waals surface area contributed by atoms with Gasteiger partial charge in [-0.15, -0.1) is 0 Å². The Kier molecular flexibility index (Phi) is 5.23. The van der Waals surface area contributed by atoms with Crippen molar-refractivity contribution in [1.29, 1.82) is 0 Å². The van der Waals surface area contributed by atoms with E-state index in [2.05, 4.69) is 20.9 Å². The van der Waals surface area contributed by atoms with Gasteiger partial charge in [-0.1, -0.05) is 13.8 Å². The third-order valence-electron chi connectivity index (χ3n) is 4.40. The zero-order valence-corrected chi connectivity index (χ0v) is 15.0. The molecule has 1 aromatic heterocycles. The molecule has 0 saturated carbocycles. The van der Waals surface area contributed by atoms with Crippen molar-refractivity contribution in [3.8, 4) is 0 Å². The highest BCUT2D eigenvalue weighted by Crippen LogP contribution is 2.42. The highest BCUT2D eigenvalue weighted by atomic mass is 79.9. The van der Waals surface area contributed by atoms with Crippen LogP contribution >= 0.6 is 15.9 Å². The van der Waals surface area contributed by atoms with Crippen LogP contribution in [0.1, 0.15) is 27.2 Å². The van der Waals surface area contributed by atoms with E-state index in [0.717, 1.165) is 0 Å². The van der Waals surface area contributed by atoms with E-state index in [0.29, 0.717) is 36.4 Å². The monoisotopic (exact) mass is 385 g/mol. The summed E-state index contributed by atoms with van der Waals surface area (Å²) in [5.74, 6) is 0.128. The standard InChI is InChI=1S/C15H20BrN3O4/c1-4-23-14(20)15(10(2)3)5-6-18(9-15)13-12(19(21)22)7-11(16)8-17-13/h7-8,10H,4-6,9H2,1-3H3. The number of aromatic nitrogens is 1. The number of carbonyl (C=O) groups excluding carboxylic acids is 1. The van der Waals surface area contributed by atoms with Crippen LogP contribution in [0.3, 0.4) is 0 Å². The minimum Gasteiger partial charge on any atom is -0.466 e. The summed E-state index contributed by atoms with van der Waals surface area (Å²) in [5, 5.41) is 11.3. The summed E-state index contributed by atoms with van der Waals surface area (Å²) in [6.45, 7) is 6.96. The summed E-state index contributed by atoms with van der Waals surface area (Å²) in [4.78, 5) is 29.3. The third-order valence-corrected chi connectivity index (χ3v) is 4.83. The molecule has 8 heteroatoms. The van der Waals surface area contributed by atoms with Crippen LogP contribution in [0.5, 0.6) is 0 Å². The third kappa shape index (κ3) is 3.31. The average Bonchev–Trinajstić information content (AvgIpc) is 2.93. The van der Waals surface area contributed by atoms with E-state index >= 15 is 0 Å². The summed E-state index contributed by atoms with van der Waals surface area (Å²) in [6, 6.07) is 1.43. The molecule has 1 unspecified atom stereocenters. The quantitative estimate of drug-likeness (QED) is 0.439. The fourth-order valence-corrected chi connectivity index (χ4v) is 3.28. The maximum Gasteiger partial charge on any atom is 0.314 e. The van der Waals surface area contributed by atoms with Gasteiger partial charge in [0.05, 0.1) is 16.9 Å². The van der Waals surface area contributed by atoms with Gasteiger partial charge in [0, 0.05) is 29.8 Å². The van der Waals surface area contributed by atoms with Gasteiger partial charge < -0.3 is 9.64 Å². The van der Waals surface area contributed by atoms with Gasteiger partial charge in [0.1, 0.15) is 0 Å². The van der Waals surface area contributed by atoms with E-state index in [4.69, 9.17) is 4.74 Å². The number of hydrogen-bond donors (Lipinski definition) is 0. The van der Waals surface area contributed by atoms with Gasteiger partial charge in [-0.05, 0) is 35.2 Å². The van der Waals surface area contributed by atoms with Gasteiger partial charge in [0.15, 0.2) is 0 Å². The zero-order valence-electron chi connectivity index (χ0n) is 13.4. The molecule has 0 spiro atoms. The molecular formula is C15H20BrN3O4. The first kappa shape index (κ1) is 17.7. The molecule has 0 N–H and O–H groups in total. The Labute approximate surface area is 143 Å². The number of carbonyl (C=O) groups is 1. The Morgan fingerprint density at radius 3 is 2.87 bits per heavy atom. The second kappa shape index (κ2) is 6.82. The van der Waals surface area contributed by atoms with Crippen molar-refractivity contribution in [2.24, 2.45) is 11.3 Å². The van der Waals surface area contributed by atoms with E-state index in [9.17, 15) is 14.9 Å². The predicted molar refractivity (Wildman–Crippen MR) is 89.3 cm³/mol. The number of nitro groups is 1. The molecule has 1 aliphatic rings. The molecule has 1 fully saturated rings. The average molecular weight is 386 g/mol. The van der Waals surface area contributed by atoms with Crippen LogP contribution in [0.25, 0.3) is 0 Å². The molecule has 1 aromatic rings. The highest BCUT2D eigenvalue weighted by Gasteiger charge is 2.49. The lowest BCUT2D eigenvalue weighted by Gasteiger charge is -2.30. The highest BCUT2D eigenvalue weighted by molar-refractivity contribution is 9.10. The summed E-state index contributed by atoms with van der Waals surface area (Å²) in [5.41, 5.74) is -0.721. The minimum absolute atomic E-state index is 0.0669. The lowest BCUT2D eigenvalue weighted by molar-refractivity contribution is -0.384. The van der Waals surface area contributed by atoms with Crippen molar-refractivity contribution in [1.82, 2.24) is 4.98 Å². The molecule has 2 heterocycles. The molecular weight excluding hydrogens is 366 g/mol. The summed E-state index contributed by atoms with van der Waals surface area (Å²) < 4.78 is 5.79. The smallest absolute Gasteiger partial charge is 0.314 e. The van der Waals surface area contributed by atoms with Crippen LogP contribution in [0.15, 0.2) is 16.7 Å². The van der Waals surface area contributed by atoms with E-state index in [1.165, 1.54) is 12.3 Å². The fourth-order valence-electron chi connectivity index (χ4n) is 2.96. The number of pyridine rings is 1. The number of halogens is 1. The number of rotatable bonds is 5. The summed E-state index contributed by atoms with van der Waals surface area (Å²) >= 11 is 3.20. The van der Waals surface area contributed by atoms with Crippen molar-refractivity contribution in [2.75, 3.05) is 24.6 Å². The van der Waals surface area contributed by atoms with E-state index < -0.39 is 10.3 Å². The number of esters is 1. The van der Waals surface area contributed by atoms with Gasteiger partial charge in [-0.2, -0.15) is 0 Å². The number of anilines is 1. The minimum atomic E-state index is -0.654. The van der Waals surface area contributed by atoms with Crippen LogP contribution in [0.2, 0.25) is 0 Å². The van der Waals surface area contributed by atoms with Gasteiger partial charge in [-0.3, -0.25) is 14.9 Å². The van der Waals surface area contributed by atoms with Crippen molar-refractivity contribution in [2.45, 2.75) is 27.2 Å². The molecule has 126 valence electrons. The Balaban J connectivity index is 2.35. The molecule has 2 rings (SSSR count). The number of hydrogen-bond acceptors (Lipinski definition) is 6. The molecule has 23 heavy (non-hydrogen) atoms. The summed E-state index contributed by atoms with van der Waals surface area (Å²) in [6.07, 6.45) is 2.13. The molecule has 0 aromatic carbocycles. The second-order valence-electron chi connectivity index (χ2n) is 5.96. The maximum absolute atomic E-state index is 12.4. The van der Waals surface area contributed by atoms with Gasteiger partial charge in [0.25, 0.3) is 0 Å². The van der Waals surface area contributed by atoms with E-state index in [1.807, 2.05) is 18.7 Å². The molecule has 1 atom stereocenters. The molecule has 1 saturated heterocycles. The predicted octanol–water partition coefficient (Wildman–Crippen LogP) is 3.17. The van der Waals surface area contributed by atoms with Crippen LogP contribution in [-0.2, 0) is 9.53 Å². The van der Waals surface area contributed by atoms with E-state index in [1.54, 1.807) is 6.92 Å². The van der Waals surface area contributed by atoms with Gasteiger partial charge in [0.2, 0.25) is 5.82 Å². The molecule has 0 amide bonds. The van der Waals surface area contributed by atoms with Crippen molar-refractivity contribution in [3.63, 3.8) is 0 Å². The van der Waals surface area contributed by atoms with Crippen LogP contribution in [0.4, 0.5) is 11.5 Å². The molecule has 0 radical (unpaired) electrons. The zero-order chi connectivity index (χ0) is 17.2. The van der Waals surface area contributed by atoms with Gasteiger partial charge in [-0.25, -0.2) is 4.98 Å². The number of ether oxygens (including phenoxy) is 1. The van der Waals surface area contributed by atoms with Crippen LogP contribution in [-0.4, -0.2) is 35.6 Å². The first-order chi connectivity index (χ1) is 10.8. The van der Waals surface area contributed by atoms with Crippen LogP contribution < -0.4 is 4.90 Å². The van der Waals surface area contributed by atoms with Crippen molar-refractivity contribution < 1.29 is 14.5 Å². The first-order valence-electron chi connectivity index (χ1n) is 7.54. The second-order valence-corrected chi connectivity index (χ2v) is 6.87. The Bertz CT molecular complexity index is 623. The molecule has 0 bridgehead atoms. The molecule has 0 aliphatic carbocycles. The van der Waals surface area contributed by atoms with Crippen molar-refractivity contribution >= 4 is 33.4 Å². The topological polar surface area (TPSA) is 85.6 Å². The normalized spacial score (nSPS) is 20.8.